The second kappa shape index (κ2) is 8.85. The van der Waals surface area contributed by atoms with Gasteiger partial charge in [0, 0.05) is 19.0 Å². The van der Waals surface area contributed by atoms with Crippen molar-refractivity contribution in [2.75, 3.05) is 25.6 Å². The number of anilines is 2. The van der Waals surface area contributed by atoms with Gasteiger partial charge in [-0.25, -0.2) is 24.1 Å². The van der Waals surface area contributed by atoms with Crippen molar-refractivity contribution in [3.63, 3.8) is 0 Å². The highest BCUT2D eigenvalue weighted by molar-refractivity contribution is 7.15. The third-order valence-corrected chi connectivity index (χ3v) is 4.85. The van der Waals surface area contributed by atoms with E-state index in [0.717, 1.165) is 21.3 Å². The maximum atomic E-state index is 14.0. The van der Waals surface area contributed by atoms with Crippen molar-refractivity contribution in [2.24, 2.45) is 0 Å². The summed E-state index contributed by atoms with van der Waals surface area (Å²) in [5.41, 5.74) is 1.93. The molecule has 0 bridgehead atoms. The number of hydrogen-bond acceptors (Lipinski definition) is 8. The van der Waals surface area contributed by atoms with Crippen molar-refractivity contribution in [3.8, 4) is 10.6 Å². The van der Waals surface area contributed by atoms with Crippen LogP contribution in [0.2, 0.25) is 0 Å². The van der Waals surface area contributed by atoms with Crippen molar-refractivity contribution in [3.05, 3.63) is 52.5 Å². The number of rotatable bonds is 7. The first-order valence-corrected chi connectivity index (χ1v) is 9.29. The molecule has 0 unspecified atom stereocenters. The zero-order chi connectivity index (χ0) is 20.1. The highest BCUT2D eigenvalue weighted by Crippen LogP contribution is 2.29. The van der Waals surface area contributed by atoms with E-state index in [0.29, 0.717) is 11.6 Å². The van der Waals surface area contributed by atoms with Gasteiger partial charge in [0.1, 0.15) is 12.4 Å². The van der Waals surface area contributed by atoms with E-state index >= 15 is 0 Å². The molecular weight excluding hydrogens is 383 g/mol. The molecule has 1 aromatic carbocycles. The van der Waals surface area contributed by atoms with Crippen LogP contribution in [0.15, 0.2) is 30.5 Å². The Bertz CT molecular complexity index is 993. The van der Waals surface area contributed by atoms with Gasteiger partial charge >= 0.3 is 5.97 Å². The topological polar surface area (TPSA) is 86.2 Å². The number of ether oxygens (including phenoxy) is 2. The SMILES string of the molecule is COCCOC(=O)c1cc(Nc2nccc(-c3sc(C)nc3C)n2)ccc1F. The van der Waals surface area contributed by atoms with Gasteiger partial charge in [0.15, 0.2) is 0 Å². The molecule has 3 aromatic rings. The van der Waals surface area contributed by atoms with Crippen molar-refractivity contribution in [1.29, 1.82) is 0 Å². The van der Waals surface area contributed by atoms with E-state index in [2.05, 4.69) is 20.3 Å². The molecule has 0 saturated heterocycles. The second-order valence-corrected chi connectivity index (χ2v) is 7.06. The Labute approximate surface area is 165 Å². The number of hydrogen-bond donors (Lipinski definition) is 1. The van der Waals surface area contributed by atoms with E-state index in [1.165, 1.54) is 25.3 Å². The molecule has 0 radical (unpaired) electrons. The van der Waals surface area contributed by atoms with Gasteiger partial charge in [-0.05, 0) is 38.1 Å². The lowest BCUT2D eigenvalue weighted by Crippen LogP contribution is -2.12. The average molecular weight is 402 g/mol. The zero-order valence-corrected chi connectivity index (χ0v) is 16.5. The van der Waals surface area contributed by atoms with Crippen LogP contribution in [0.5, 0.6) is 0 Å². The van der Waals surface area contributed by atoms with Crippen molar-refractivity contribution in [1.82, 2.24) is 15.0 Å². The number of benzene rings is 1. The molecule has 7 nitrogen and oxygen atoms in total. The number of thiazole rings is 1. The summed E-state index contributed by atoms with van der Waals surface area (Å²) in [7, 11) is 1.49. The Morgan fingerprint density at radius 3 is 2.75 bits per heavy atom. The van der Waals surface area contributed by atoms with Crippen LogP contribution in [0, 0.1) is 19.7 Å². The van der Waals surface area contributed by atoms with Gasteiger partial charge in [-0.1, -0.05) is 0 Å². The monoisotopic (exact) mass is 402 g/mol. The molecule has 2 aromatic heterocycles. The number of halogens is 1. The number of nitrogens with one attached hydrogen (secondary N) is 1. The summed E-state index contributed by atoms with van der Waals surface area (Å²) in [6.45, 7) is 4.15. The molecule has 146 valence electrons. The Morgan fingerprint density at radius 2 is 2.04 bits per heavy atom. The van der Waals surface area contributed by atoms with E-state index in [9.17, 15) is 9.18 Å². The van der Waals surface area contributed by atoms with Crippen LogP contribution < -0.4 is 5.32 Å². The molecule has 28 heavy (non-hydrogen) atoms. The summed E-state index contributed by atoms with van der Waals surface area (Å²) in [5, 5.41) is 3.95. The van der Waals surface area contributed by atoms with Crippen LogP contribution >= 0.6 is 11.3 Å². The van der Waals surface area contributed by atoms with Crippen LogP contribution in [-0.2, 0) is 9.47 Å². The van der Waals surface area contributed by atoms with E-state index in [1.807, 2.05) is 13.8 Å². The minimum absolute atomic E-state index is 0.0468. The normalized spacial score (nSPS) is 10.7. The van der Waals surface area contributed by atoms with Crippen LogP contribution in [0.25, 0.3) is 10.6 Å². The van der Waals surface area contributed by atoms with Gasteiger partial charge < -0.3 is 14.8 Å². The number of nitrogens with zero attached hydrogens (tertiary/aromatic N) is 3. The second-order valence-electron chi connectivity index (χ2n) is 5.86. The number of esters is 1. The van der Waals surface area contributed by atoms with Crippen LogP contribution in [0.4, 0.5) is 16.0 Å². The Morgan fingerprint density at radius 1 is 1.21 bits per heavy atom. The molecule has 0 fully saturated rings. The number of methoxy groups -OCH3 is 1. The summed E-state index contributed by atoms with van der Waals surface area (Å²) in [6.07, 6.45) is 1.63. The fraction of sp³-hybridized carbons (Fsp3) is 0.263. The molecular formula is C19H19FN4O3S. The summed E-state index contributed by atoms with van der Waals surface area (Å²) >= 11 is 1.55. The molecule has 2 heterocycles. The summed E-state index contributed by atoms with van der Waals surface area (Å²) < 4.78 is 23.8. The summed E-state index contributed by atoms with van der Waals surface area (Å²) in [6, 6.07) is 5.85. The van der Waals surface area contributed by atoms with Crippen molar-refractivity contribution in [2.45, 2.75) is 13.8 Å². The first-order valence-electron chi connectivity index (χ1n) is 8.48. The maximum Gasteiger partial charge on any atom is 0.341 e. The lowest BCUT2D eigenvalue weighted by molar-refractivity contribution is 0.0383. The fourth-order valence-corrected chi connectivity index (χ4v) is 3.39. The molecule has 9 heteroatoms. The Balaban J connectivity index is 1.80. The number of aryl methyl sites for hydroxylation is 2. The molecule has 0 aliphatic carbocycles. The quantitative estimate of drug-likeness (QED) is 0.474. The van der Waals surface area contributed by atoms with E-state index in [-0.39, 0.29) is 18.8 Å². The molecule has 0 aliphatic rings. The molecule has 0 spiro atoms. The van der Waals surface area contributed by atoms with E-state index in [4.69, 9.17) is 9.47 Å². The molecule has 0 amide bonds. The van der Waals surface area contributed by atoms with Gasteiger partial charge in [0.05, 0.1) is 33.4 Å². The number of carbonyl (C=O) groups excluding carboxylic acids is 1. The van der Waals surface area contributed by atoms with Gasteiger partial charge in [0.25, 0.3) is 0 Å². The Kier molecular flexibility index (Phi) is 6.27. The lowest BCUT2D eigenvalue weighted by atomic mass is 10.2. The van der Waals surface area contributed by atoms with E-state index in [1.54, 1.807) is 23.6 Å². The van der Waals surface area contributed by atoms with Gasteiger partial charge in [-0.15, -0.1) is 11.3 Å². The third-order valence-electron chi connectivity index (χ3n) is 3.75. The number of carbonyl (C=O) groups is 1. The van der Waals surface area contributed by atoms with Gasteiger partial charge in [-0.2, -0.15) is 0 Å². The number of aromatic nitrogens is 3. The smallest absolute Gasteiger partial charge is 0.341 e. The van der Waals surface area contributed by atoms with E-state index < -0.39 is 11.8 Å². The molecule has 0 aliphatic heterocycles. The van der Waals surface area contributed by atoms with Crippen LogP contribution in [0.1, 0.15) is 21.1 Å². The Hall–Kier alpha value is -2.91. The fourth-order valence-electron chi connectivity index (χ4n) is 2.50. The minimum atomic E-state index is -0.761. The maximum absolute atomic E-state index is 14.0. The summed E-state index contributed by atoms with van der Waals surface area (Å²) in [4.78, 5) is 26.1. The molecule has 0 saturated carbocycles. The predicted molar refractivity (Wildman–Crippen MR) is 104 cm³/mol. The predicted octanol–water partition coefficient (Wildman–Crippen LogP) is 3.90. The lowest BCUT2D eigenvalue weighted by Gasteiger charge is -2.09. The van der Waals surface area contributed by atoms with Crippen molar-refractivity contribution < 1.29 is 18.7 Å². The minimum Gasteiger partial charge on any atom is -0.460 e. The molecule has 3 rings (SSSR count). The van der Waals surface area contributed by atoms with Crippen LogP contribution in [0.3, 0.4) is 0 Å². The highest BCUT2D eigenvalue weighted by Gasteiger charge is 2.15. The van der Waals surface area contributed by atoms with Crippen LogP contribution in [-0.4, -0.2) is 41.2 Å². The van der Waals surface area contributed by atoms with Gasteiger partial charge in [-0.3, -0.25) is 0 Å². The molecule has 1 N–H and O–H groups in total. The third kappa shape index (κ3) is 4.68. The largest absolute Gasteiger partial charge is 0.460 e. The average Bonchev–Trinajstić information content (AvgIpc) is 3.02. The summed E-state index contributed by atoms with van der Waals surface area (Å²) in [5.74, 6) is -1.10. The first-order chi connectivity index (χ1) is 13.5. The first kappa shape index (κ1) is 19.8. The molecule has 0 atom stereocenters. The highest BCUT2D eigenvalue weighted by atomic mass is 32.1. The zero-order valence-electron chi connectivity index (χ0n) is 15.7. The van der Waals surface area contributed by atoms with Gasteiger partial charge in [0.2, 0.25) is 5.95 Å². The standard InChI is InChI=1S/C19H19FN4O3S/c1-11-17(28-12(2)22-11)16-6-7-21-19(24-16)23-13-4-5-15(20)14(10-13)18(25)27-9-8-26-3/h4-7,10H,8-9H2,1-3H3,(H,21,23,24). The van der Waals surface area contributed by atoms with Crippen molar-refractivity contribution >= 4 is 28.9 Å².